The third-order valence-electron chi connectivity index (χ3n) is 3.86. The Morgan fingerprint density at radius 3 is 2.78 bits per heavy atom. The Kier molecular flexibility index (Phi) is 4.61. The summed E-state index contributed by atoms with van der Waals surface area (Å²) < 4.78 is 0. The van der Waals surface area contributed by atoms with Crippen LogP contribution in [0.5, 0.6) is 0 Å². The Morgan fingerprint density at radius 2 is 2.06 bits per heavy atom. The van der Waals surface area contributed by atoms with Gasteiger partial charge in [0.2, 0.25) is 0 Å². The van der Waals surface area contributed by atoms with E-state index in [9.17, 15) is 0 Å². The van der Waals surface area contributed by atoms with Gasteiger partial charge in [0.05, 0.1) is 0 Å². The standard InChI is InChI=1S/C15H25N3/c1-4-16-11-14-7-5-6-8-15(14)18-10-9-17(3)13(2)12-18/h5-8,13,16H,4,9-12H2,1-3H3. The molecule has 0 spiro atoms. The Labute approximate surface area is 111 Å². The maximum Gasteiger partial charge on any atom is 0.0412 e. The average molecular weight is 247 g/mol. The van der Waals surface area contributed by atoms with E-state index in [-0.39, 0.29) is 0 Å². The van der Waals surface area contributed by atoms with Gasteiger partial charge in [-0.1, -0.05) is 25.1 Å². The summed E-state index contributed by atoms with van der Waals surface area (Å²) >= 11 is 0. The molecule has 1 atom stereocenters. The van der Waals surface area contributed by atoms with Crippen molar-refractivity contribution in [2.45, 2.75) is 26.4 Å². The Bertz CT molecular complexity index is 378. The Hall–Kier alpha value is -1.06. The predicted octanol–water partition coefficient (Wildman–Crippen LogP) is 1.94. The third kappa shape index (κ3) is 3.03. The van der Waals surface area contributed by atoms with Crippen molar-refractivity contribution >= 4 is 5.69 Å². The van der Waals surface area contributed by atoms with E-state index in [1.807, 2.05) is 0 Å². The summed E-state index contributed by atoms with van der Waals surface area (Å²) in [6.07, 6.45) is 0. The Morgan fingerprint density at radius 1 is 1.28 bits per heavy atom. The maximum atomic E-state index is 3.43. The molecule has 18 heavy (non-hydrogen) atoms. The smallest absolute Gasteiger partial charge is 0.0412 e. The number of rotatable bonds is 4. The molecule has 1 aliphatic heterocycles. The molecule has 2 rings (SSSR count). The zero-order valence-electron chi connectivity index (χ0n) is 11.8. The van der Waals surface area contributed by atoms with Gasteiger partial charge in [-0.25, -0.2) is 0 Å². The summed E-state index contributed by atoms with van der Waals surface area (Å²) in [5.41, 5.74) is 2.81. The van der Waals surface area contributed by atoms with Crippen LogP contribution in [0.25, 0.3) is 0 Å². The van der Waals surface area contributed by atoms with Crippen LogP contribution < -0.4 is 10.2 Å². The third-order valence-corrected chi connectivity index (χ3v) is 3.86. The van der Waals surface area contributed by atoms with Crippen molar-refractivity contribution in [2.24, 2.45) is 0 Å². The lowest BCUT2D eigenvalue weighted by molar-refractivity contribution is 0.234. The first-order valence-electron chi connectivity index (χ1n) is 6.96. The predicted molar refractivity (Wildman–Crippen MR) is 78.1 cm³/mol. The fourth-order valence-corrected chi connectivity index (χ4v) is 2.50. The summed E-state index contributed by atoms with van der Waals surface area (Å²) in [4.78, 5) is 4.96. The van der Waals surface area contributed by atoms with Crippen LogP contribution in [0.4, 0.5) is 5.69 Å². The lowest BCUT2D eigenvalue weighted by atomic mass is 10.1. The number of hydrogen-bond acceptors (Lipinski definition) is 3. The maximum absolute atomic E-state index is 3.43. The largest absolute Gasteiger partial charge is 0.368 e. The number of para-hydroxylation sites is 1. The molecule has 0 bridgehead atoms. The van der Waals surface area contributed by atoms with E-state index in [1.165, 1.54) is 11.3 Å². The average Bonchev–Trinajstić information content (AvgIpc) is 2.40. The molecular formula is C15H25N3. The number of anilines is 1. The first-order chi connectivity index (χ1) is 8.72. The van der Waals surface area contributed by atoms with Crippen LogP contribution in [0.3, 0.4) is 0 Å². The highest BCUT2D eigenvalue weighted by Crippen LogP contribution is 2.23. The van der Waals surface area contributed by atoms with Crippen LogP contribution in [0.1, 0.15) is 19.4 Å². The van der Waals surface area contributed by atoms with Crippen LogP contribution in [0, 0.1) is 0 Å². The van der Waals surface area contributed by atoms with E-state index >= 15 is 0 Å². The van der Waals surface area contributed by atoms with Crippen molar-refractivity contribution in [2.75, 3.05) is 38.1 Å². The van der Waals surface area contributed by atoms with Gasteiger partial charge in [0.1, 0.15) is 0 Å². The SMILES string of the molecule is CCNCc1ccccc1N1CCN(C)C(C)C1. The van der Waals surface area contributed by atoms with Crippen LogP contribution >= 0.6 is 0 Å². The molecule has 1 aromatic carbocycles. The number of nitrogens with zero attached hydrogens (tertiary/aromatic N) is 2. The molecule has 0 aromatic heterocycles. The molecule has 3 heteroatoms. The van der Waals surface area contributed by atoms with E-state index in [1.54, 1.807) is 0 Å². The zero-order valence-corrected chi connectivity index (χ0v) is 11.8. The van der Waals surface area contributed by atoms with Gasteiger partial charge in [0, 0.05) is 37.9 Å². The van der Waals surface area contributed by atoms with E-state index < -0.39 is 0 Å². The zero-order chi connectivity index (χ0) is 13.0. The lowest BCUT2D eigenvalue weighted by Gasteiger charge is -2.39. The number of likely N-dealkylation sites (N-methyl/N-ethyl adjacent to an activating group) is 1. The normalized spacial score (nSPS) is 21.3. The fraction of sp³-hybridized carbons (Fsp3) is 0.600. The van der Waals surface area contributed by atoms with Gasteiger partial charge in [0.25, 0.3) is 0 Å². The molecule has 0 amide bonds. The quantitative estimate of drug-likeness (QED) is 0.877. The molecule has 1 aliphatic rings. The summed E-state index contributed by atoms with van der Waals surface area (Å²) in [7, 11) is 2.21. The van der Waals surface area contributed by atoms with Gasteiger partial charge in [-0.05, 0) is 32.1 Å². The van der Waals surface area contributed by atoms with Gasteiger partial charge >= 0.3 is 0 Å². The first kappa shape index (κ1) is 13.4. The second-order valence-electron chi connectivity index (χ2n) is 5.18. The van der Waals surface area contributed by atoms with Crippen LogP contribution in [-0.2, 0) is 6.54 Å². The molecule has 3 nitrogen and oxygen atoms in total. The van der Waals surface area contributed by atoms with Gasteiger partial charge in [-0.15, -0.1) is 0 Å². The summed E-state index contributed by atoms with van der Waals surface area (Å²) in [6.45, 7) is 9.85. The number of piperazine rings is 1. The van der Waals surface area contributed by atoms with Crippen molar-refractivity contribution < 1.29 is 0 Å². The minimum Gasteiger partial charge on any atom is -0.368 e. The van der Waals surface area contributed by atoms with Gasteiger partial charge in [-0.3, -0.25) is 0 Å². The van der Waals surface area contributed by atoms with Crippen molar-refractivity contribution in [1.82, 2.24) is 10.2 Å². The first-order valence-corrected chi connectivity index (χ1v) is 6.96. The van der Waals surface area contributed by atoms with E-state index in [2.05, 4.69) is 60.3 Å². The van der Waals surface area contributed by atoms with Gasteiger partial charge < -0.3 is 15.1 Å². The summed E-state index contributed by atoms with van der Waals surface area (Å²) in [6, 6.07) is 9.40. The van der Waals surface area contributed by atoms with Crippen molar-refractivity contribution in [3.63, 3.8) is 0 Å². The summed E-state index contributed by atoms with van der Waals surface area (Å²) in [5.74, 6) is 0. The molecule has 0 radical (unpaired) electrons. The summed E-state index contributed by atoms with van der Waals surface area (Å²) in [5, 5.41) is 3.43. The molecule has 1 saturated heterocycles. The van der Waals surface area contributed by atoms with E-state index in [0.717, 1.165) is 32.7 Å². The number of benzene rings is 1. The highest BCUT2D eigenvalue weighted by Gasteiger charge is 2.21. The second kappa shape index (κ2) is 6.21. The van der Waals surface area contributed by atoms with Crippen LogP contribution in [0.15, 0.2) is 24.3 Å². The molecule has 1 unspecified atom stereocenters. The monoisotopic (exact) mass is 247 g/mol. The molecule has 100 valence electrons. The second-order valence-corrected chi connectivity index (χ2v) is 5.18. The highest BCUT2D eigenvalue weighted by atomic mass is 15.3. The van der Waals surface area contributed by atoms with Gasteiger partial charge in [0.15, 0.2) is 0 Å². The lowest BCUT2D eigenvalue weighted by Crippen LogP contribution is -2.50. The van der Waals surface area contributed by atoms with Crippen molar-refractivity contribution in [3.8, 4) is 0 Å². The molecule has 1 heterocycles. The molecule has 1 aromatic rings. The van der Waals surface area contributed by atoms with Crippen molar-refractivity contribution in [3.05, 3.63) is 29.8 Å². The number of hydrogen-bond donors (Lipinski definition) is 1. The van der Waals surface area contributed by atoms with Gasteiger partial charge in [-0.2, -0.15) is 0 Å². The highest BCUT2D eigenvalue weighted by molar-refractivity contribution is 5.54. The van der Waals surface area contributed by atoms with Crippen LogP contribution in [-0.4, -0.2) is 44.2 Å². The molecule has 0 aliphatic carbocycles. The Balaban J connectivity index is 2.12. The van der Waals surface area contributed by atoms with Crippen molar-refractivity contribution in [1.29, 1.82) is 0 Å². The molecule has 1 N–H and O–H groups in total. The molecule has 0 saturated carbocycles. The van der Waals surface area contributed by atoms with E-state index in [0.29, 0.717) is 6.04 Å². The van der Waals surface area contributed by atoms with Crippen LogP contribution in [0.2, 0.25) is 0 Å². The minimum absolute atomic E-state index is 0.631. The number of nitrogens with one attached hydrogen (secondary N) is 1. The topological polar surface area (TPSA) is 18.5 Å². The molecule has 1 fully saturated rings. The molecular weight excluding hydrogens is 222 g/mol. The minimum atomic E-state index is 0.631. The van der Waals surface area contributed by atoms with E-state index in [4.69, 9.17) is 0 Å². The fourth-order valence-electron chi connectivity index (χ4n) is 2.50.